The largest absolute Gasteiger partial charge is 0.488 e. The van der Waals surface area contributed by atoms with Gasteiger partial charge in [-0.25, -0.2) is 4.79 Å². The van der Waals surface area contributed by atoms with Crippen molar-refractivity contribution in [2.75, 3.05) is 0 Å². The van der Waals surface area contributed by atoms with E-state index in [9.17, 15) is 24.7 Å². The van der Waals surface area contributed by atoms with Gasteiger partial charge >= 0.3 is 13.1 Å². The van der Waals surface area contributed by atoms with E-state index >= 15 is 0 Å². The first-order valence-corrected chi connectivity index (χ1v) is 8.15. The average molecular weight is 360 g/mol. The van der Waals surface area contributed by atoms with E-state index < -0.39 is 13.1 Å². The molecule has 0 amide bonds. The van der Waals surface area contributed by atoms with Gasteiger partial charge < -0.3 is 19.6 Å². The number of benzene rings is 3. The standard InChI is InChI=1S/C20H13BO6/c22-12-6-8-16-18(10-12)27-17-9-11(21(25)26)5-7-15(17)19(16)13-3-1-2-4-14(13)20(23)24/h1-10,25-26H,(H,23,24). The number of carboxylic acids is 1. The SMILES string of the molecule is O=C(O)c1ccccc1-c1c2ccc(=O)cc-2oc2cc(B(O)O)ccc12. The highest BCUT2D eigenvalue weighted by Crippen LogP contribution is 2.40. The summed E-state index contributed by atoms with van der Waals surface area (Å²) in [6, 6.07) is 15.5. The van der Waals surface area contributed by atoms with Crippen LogP contribution in [0.2, 0.25) is 0 Å². The molecule has 1 aliphatic carbocycles. The molecule has 1 aliphatic heterocycles. The van der Waals surface area contributed by atoms with Crippen LogP contribution in [0, 0.1) is 0 Å². The molecular weight excluding hydrogens is 347 g/mol. The number of rotatable bonds is 3. The summed E-state index contributed by atoms with van der Waals surface area (Å²) in [5.74, 6) is -0.787. The van der Waals surface area contributed by atoms with Crippen LogP contribution in [-0.2, 0) is 0 Å². The Bertz CT molecular complexity index is 1210. The van der Waals surface area contributed by atoms with Crippen molar-refractivity contribution in [2.45, 2.75) is 0 Å². The van der Waals surface area contributed by atoms with Gasteiger partial charge in [0.05, 0.1) is 5.56 Å². The fraction of sp³-hybridized carbons (Fsp3) is 0. The van der Waals surface area contributed by atoms with Crippen molar-refractivity contribution in [3.05, 3.63) is 76.5 Å². The van der Waals surface area contributed by atoms with Crippen molar-refractivity contribution >= 4 is 29.5 Å². The fourth-order valence-electron chi connectivity index (χ4n) is 3.23. The Kier molecular flexibility index (Phi) is 4.03. The maximum Gasteiger partial charge on any atom is 0.488 e. The van der Waals surface area contributed by atoms with E-state index in [2.05, 4.69) is 0 Å². The summed E-state index contributed by atoms with van der Waals surface area (Å²) in [6.07, 6.45) is 0. The zero-order chi connectivity index (χ0) is 19.1. The van der Waals surface area contributed by atoms with Crippen molar-refractivity contribution in [2.24, 2.45) is 0 Å². The number of carbonyl (C=O) groups is 1. The third kappa shape index (κ3) is 2.89. The summed E-state index contributed by atoms with van der Waals surface area (Å²) >= 11 is 0. The first-order valence-electron chi connectivity index (χ1n) is 8.15. The van der Waals surface area contributed by atoms with Crippen molar-refractivity contribution in [1.82, 2.24) is 0 Å². The molecule has 0 saturated carbocycles. The second-order valence-corrected chi connectivity index (χ2v) is 6.12. The molecule has 27 heavy (non-hydrogen) atoms. The van der Waals surface area contributed by atoms with Crippen LogP contribution < -0.4 is 10.9 Å². The third-order valence-corrected chi connectivity index (χ3v) is 4.44. The van der Waals surface area contributed by atoms with Gasteiger partial charge in [-0.15, -0.1) is 0 Å². The Hall–Kier alpha value is -3.42. The highest BCUT2D eigenvalue weighted by Gasteiger charge is 2.22. The van der Waals surface area contributed by atoms with Crippen LogP contribution in [0.4, 0.5) is 0 Å². The minimum atomic E-state index is -1.68. The lowest BCUT2D eigenvalue weighted by Crippen LogP contribution is -2.29. The zero-order valence-electron chi connectivity index (χ0n) is 13.9. The molecule has 2 aromatic rings. The molecule has 0 radical (unpaired) electrons. The van der Waals surface area contributed by atoms with Gasteiger partial charge in [0.25, 0.3) is 0 Å². The number of hydrogen-bond donors (Lipinski definition) is 3. The smallest absolute Gasteiger partial charge is 0.478 e. The molecule has 1 heterocycles. The van der Waals surface area contributed by atoms with E-state index in [1.807, 2.05) is 0 Å². The molecule has 0 aromatic heterocycles. The molecule has 0 atom stereocenters. The molecule has 0 spiro atoms. The zero-order valence-corrected chi connectivity index (χ0v) is 13.9. The number of hydrogen-bond acceptors (Lipinski definition) is 5. The summed E-state index contributed by atoms with van der Waals surface area (Å²) in [5, 5.41) is 29.0. The lowest BCUT2D eigenvalue weighted by molar-refractivity contribution is 0.0697. The molecule has 3 N–H and O–H groups in total. The third-order valence-electron chi connectivity index (χ3n) is 4.44. The van der Waals surface area contributed by atoms with Gasteiger partial charge in [-0.3, -0.25) is 4.79 Å². The van der Waals surface area contributed by atoms with Gasteiger partial charge in [-0.1, -0.05) is 30.3 Å². The first-order chi connectivity index (χ1) is 13.0. The predicted octanol–water partition coefficient (Wildman–Crippen LogP) is 1.94. The van der Waals surface area contributed by atoms with E-state index in [-0.39, 0.29) is 22.2 Å². The molecule has 0 unspecified atom stereocenters. The molecule has 7 heteroatoms. The Morgan fingerprint density at radius 3 is 2.44 bits per heavy atom. The summed E-state index contributed by atoms with van der Waals surface area (Å²) in [7, 11) is -1.68. The van der Waals surface area contributed by atoms with E-state index in [4.69, 9.17) is 4.42 Å². The molecule has 2 aliphatic rings. The van der Waals surface area contributed by atoms with Crippen LogP contribution in [0.3, 0.4) is 0 Å². The van der Waals surface area contributed by atoms with Gasteiger partial charge in [-0.05, 0) is 35.3 Å². The highest BCUT2D eigenvalue weighted by molar-refractivity contribution is 6.58. The Balaban J connectivity index is 2.18. The van der Waals surface area contributed by atoms with Gasteiger partial charge in [-0.2, -0.15) is 0 Å². The van der Waals surface area contributed by atoms with Crippen LogP contribution in [0.15, 0.2) is 69.9 Å². The Morgan fingerprint density at radius 2 is 1.70 bits per heavy atom. The van der Waals surface area contributed by atoms with Gasteiger partial charge in [0, 0.05) is 22.6 Å². The second kappa shape index (κ2) is 6.39. The predicted molar refractivity (Wildman–Crippen MR) is 101 cm³/mol. The van der Waals surface area contributed by atoms with Crippen LogP contribution in [0.5, 0.6) is 0 Å². The van der Waals surface area contributed by atoms with Crippen molar-refractivity contribution in [3.63, 3.8) is 0 Å². The van der Waals surface area contributed by atoms with Gasteiger partial charge in [0.2, 0.25) is 0 Å². The van der Waals surface area contributed by atoms with Crippen molar-refractivity contribution in [3.8, 4) is 22.5 Å². The van der Waals surface area contributed by atoms with Crippen LogP contribution in [0.1, 0.15) is 10.4 Å². The monoisotopic (exact) mass is 360 g/mol. The molecular formula is C20H13BO6. The van der Waals surface area contributed by atoms with E-state index in [0.717, 1.165) is 0 Å². The normalized spacial score (nSPS) is 11.0. The lowest BCUT2D eigenvalue weighted by Gasteiger charge is -2.17. The quantitative estimate of drug-likeness (QED) is 0.381. The summed E-state index contributed by atoms with van der Waals surface area (Å²) in [6.45, 7) is 0. The minimum Gasteiger partial charge on any atom is -0.478 e. The highest BCUT2D eigenvalue weighted by atomic mass is 16.4. The number of fused-ring (bicyclic) bond motifs is 2. The Labute approximate surface area is 153 Å². The minimum absolute atomic E-state index is 0.115. The molecule has 6 nitrogen and oxygen atoms in total. The van der Waals surface area contributed by atoms with Gasteiger partial charge in [0.1, 0.15) is 11.3 Å². The molecule has 0 bridgehead atoms. The Morgan fingerprint density at radius 1 is 0.926 bits per heavy atom. The first kappa shape index (κ1) is 17.0. The van der Waals surface area contributed by atoms with Crippen LogP contribution in [0.25, 0.3) is 33.4 Å². The molecule has 0 fully saturated rings. The second-order valence-electron chi connectivity index (χ2n) is 6.12. The lowest BCUT2D eigenvalue weighted by atomic mass is 9.79. The molecule has 4 rings (SSSR count). The van der Waals surface area contributed by atoms with E-state index in [0.29, 0.717) is 27.7 Å². The van der Waals surface area contributed by atoms with E-state index in [1.165, 1.54) is 30.3 Å². The average Bonchev–Trinajstić information content (AvgIpc) is 2.65. The van der Waals surface area contributed by atoms with Crippen molar-refractivity contribution in [1.29, 1.82) is 0 Å². The van der Waals surface area contributed by atoms with Crippen molar-refractivity contribution < 1.29 is 24.4 Å². The maximum atomic E-state index is 11.8. The topological polar surface area (TPSA) is 108 Å². The number of carboxylic acid groups (broad SMARTS) is 1. The molecule has 132 valence electrons. The summed E-state index contributed by atoms with van der Waals surface area (Å²) in [4.78, 5) is 23.5. The summed E-state index contributed by atoms with van der Waals surface area (Å²) in [5.41, 5.74) is 2.07. The van der Waals surface area contributed by atoms with E-state index in [1.54, 1.807) is 30.3 Å². The fourth-order valence-corrected chi connectivity index (χ4v) is 3.23. The van der Waals surface area contributed by atoms with Crippen LogP contribution >= 0.6 is 0 Å². The van der Waals surface area contributed by atoms with Crippen LogP contribution in [-0.4, -0.2) is 28.2 Å². The maximum absolute atomic E-state index is 11.8. The molecule has 0 saturated heterocycles. The molecule has 2 aromatic carbocycles. The van der Waals surface area contributed by atoms with Gasteiger partial charge in [0.15, 0.2) is 5.43 Å². The number of aromatic carboxylic acids is 1. The summed E-state index contributed by atoms with van der Waals surface area (Å²) < 4.78 is 5.81.